The Kier molecular flexibility index (Phi) is 4.62. The van der Waals surface area contributed by atoms with E-state index in [4.69, 9.17) is 0 Å². The summed E-state index contributed by atoms with van der Waals surface area (Å²) in [5.74, 6) is 0. The van der Waals surface area contributed by atoms with Gasteiger partial charge in [-0.15, -0.1) is 0 Å². The van der Waals surface area contributed by atoms with Gasteiger partial charge in [0.15, 0.2) is 0 Å². The van der Waals surface area contributed by atoms with Gasteiger partial charge in [0, 0.05) is 5.41 Å². The van der Waals surface area contributed by atoms with E-state index in [0.29, 0.717) is 0 Å². The van der Waals surface area contributed by atoms with E-state index >= 15 is 0 Å². The maximum atomic E-state index is 2.39. The maximum Gasteiger partial charge on any atom is 0.0140 e. The first-order chi connectivity index (χ1) is 11.5. The highest BCUT2D eigenvalue weighted by Gasteiger charge is 2.36. The Balaban J connectivity index is 2.33. The monoisotopic (exact) mass is 313 g/mol. The molecule has 0 aromatic heterocycles. The fourth-order valence-corrected chi connectivity index (χ4v) is 3.94. The molecular formula is C23H26B-. The van der Waals surface area contributed by atoms with Crippen LogP contribution in [0.3, 0.4) is 0 Å². The molecule has 24 heavy (non-hydrogen) atoms. The third kappa shape index (κ3) is 3.31. The van der Waals surface area contributed by atoms with Gasteiger partial charge in [-0.3, -0.25) is 0 Å². The largest absolute Gasteiger partial charge is 0.190 e. The van der Waals surface area contributed by atoms with Crippen molar-refractivity contribution in [3.63, 3.8) is 0 Å². The van der Waals surface area contributed by atoms with Crippen LogP contribution in [-0.2, 0) is 5.41 Å². The molecule has 3 aromatic carbocycles. The average Bonchev–Trinajstić information content (AvgIpc) is 2.61. The van der Waals surface area contributed by atoms with Crippen molar-refractivity contribution in [2.24, 2.45) is 0 Å². The van der Waals surface area contributed by atoms with Gasteiger partial charge in [-0.2, -0.15) is 26.8 Å². The van der Waals surface area contributed by atoms with Crippen molar-refractivity contribution in [2.75, 3.05) is 0 Å². The van der Waals surface area contributed by atoms with E-state index < -0.39 is 6.15 Å². The minimum atomic E-state index is -0.496. The molecule has 0 spiro atoms. The molecule has 0 radical (unpaired) electrons. The van der Waals surface area contributed by atoms with Gasteiger partial charge in [0.1, 0.15) is 0 Å². The molecule has 1 heteroatoms. The van der Waals surface area contributed by atoms with Gasteiger partial charge in [-0.25, -0.2) is 0 Å². The van der Waals surface area contributed by atoms with Gasteiger partial charge in [-0.1, -0.05) is 91.0 Å². The van der Waals surface area contributed by atoms with Crippen LogP contribution in [0.1, 0.15) is 16.7 Å². The molecule has 0 fully saturated rings. The molecule has 0 saturated heterocycles. The molecule has 0 aliphatic heterocycles. The summed E-state index contributed by atoms with van der Waals surface area (Å²) in [6.45, 7) is 7.18. The third-order valence-electron chi connectivity index (χ3n) is 4.72. The van der Waals surface area contributed by atoms with Crippen molar-refractivity contribution in [1.82, 2.24) is 0 Å². The summed E-state index contributed by atoms with van der Waals surface area (Å²) in [7, 11) is 0. The number of hydrogen-bond acceptors (Lipinski definition) is 0. The molecule has 0 unspecified atom stereocenters. The second kappa shape index (κ2) is 6.69. The Morgan fingerprint density at radius 2 is 0.833 bits per heavy atom. The smallest absolute Gasteiger partial charge is 0.0140 e. The SMILES string of the molecule is C[B-](C)(C)CC(c1ccccc1)(c1ccccc1)c1ccccc1. The fraction of sp³-hybridized carbons (Fsp3) is 0.217. The Morgan fingerprint density at radius 3 is 1.08 bits per heavy atom. The molecule has 0 saturated carbocycles. The molecule has 0 heterocycles. The molecule has 3 aromatic rings. The number of hydrogen-bond donors (Lipinski definition) is 0. The summed E-state index contributed by atoms with van der Waals surface area (Å²) < 4.78 is 0. The van der Waals surface area contributed by atoms with Crippen molar-refractivity contribution in [3.8, 4) is 0 Å². The standard InChI is InChI=1S/C23H26B/c1-24(2,3)19-23(20-13-7-4-8-14-20,21-15-9-5-10-16-21)22-17-11-6-12-18-22/h4-18H,19H2,1-3H3/q-1. The highest BCUT2D eigenvalue weighted by atomic mass is 14.4. The quantitative estimate of drug-likeness (QED) is 0.380. The summed E-state index contributed by atoms with van der Waals surface area (Å²) in [5.41, 5.74) is 4.01. The zero-order valence-corrected chi connectivity index (χ0v) is 14.9. The average molecular weight is 313 g/mol. The van der Waals surface area contributed by atoms with Crippen molar-refractivity contribution >= 4 is 6.15 Å². The van der Waals surface area contributed by atoms with Gasteiger partial charge in [-0.05, 0) is 22.8 Å². The second-order valence-corrected chi connectivity index (χ2v) is 8.16. The second-order valence-electron chi connectivity index (χ2n) is 8.16. The Labute approximate surface area is 146 Å². The zero-order chi connectivity index (χ0) is 17.0. The van der Waals surface area contributed by atoms with Crippen molar-refractivity contribution in [1.29, 1.82) is 0 Å². The maximum absolute atomic E-state index is 2.39. The summed E-state index contributed by atoms with van der Waals surface area (Å²) in [4.78, 5) is 0. The van der Waals surface area contributed by atoms with Crippen LogP contribution in [0.15, 0.2) is 91.0 Å². The Hall–Kier alpha value is -2.28. The highest BCUT2D eigenvalue weighted by molar-refractivity contribution is 6.76. The van der Waals surface area contributed by atoms with Crippen LogP contribution in [-0.4, -0.2) is 6.15 Å². The van der Waals surface area contributed by atoms with E-state index in [1.165, 1.54) is 16.7 Å². The Bertz CT molecular complexity index is 659. The van der Waals surface area contributed by atoms with Gasteiger partial charge in [0.25, 0.3) is 0 Å². The predicted molar refractivity (Wildman–Crippen MR) is 107 cm³/mol. The lowest BCUT2D eigenvalue weighted by Gasteiger charge is -2.44. The van der Waals surface area contributed by atoms with Crippen LogP contribution in [0.25, 0.3) is 0 Å². The lowest BCUT2D eigenvalue weighted by molar-refractivity contribution is 0.679. The predicted octanol–water partition coefficient (Wildman–Crippen LogP) is 6.36. The normalized spacial score (nSPS) is 12.1. The van der Waals surface area contributed by atoms with Crippen LogP contribution in [0, 0.1) is 0 Å². The molecule has 0 amide bonds. The molecule has 0 aliphatic carbocycles. The van der Waals surface area contributed by atoms with E-state index in [-0.39, 0.29) is 5.41 Å². The zero-order valence-electron chi connectivity index (χ0n) is 14.9. The van der Waals surface area contributed by atoms with Gasteiger partial charge < -0.3 is 0 Å². The third-order valence-corrected chi connectivity index (χ3v) is 4.72. The first-order valence-electron chi connectivity index (χ1n) is 8.98. The van der Waals surface area contributed by atoms with Crippen LogP contribution in [0.5, 0.6) is 0 Å². The van der Waals surface area contributed by atoms with E-state index in [0.717, 1.165) is 6.32 Å². The molecule has 0 bridgehead atoms. The lowest BCUT2D eigenvalue weighted by atomic mass is 9.24. The molecule has 0 nitrogen and oxygen atoms in total. The van der Waals surface area contributed by atoms with Gasteiger partial charge in [0.2, 0.25) is 0 Å². The van der Waals surface area contributed by atoms with E-state index in [1.54, 1.807) is 0 Å². The van der Waals surface area contributed by atoms with Gasteiger partial charge in [0.05, 0.1) is 0 Å². The number of rotatable bonds is 5. The van der Waals surface area contributed by atoms with Crippen LogP contribution in [0.4, 0.5) is 0 Å². The topological polar surface area (TPSA) is 0 Å². The van der Waals surface area contributed by atoms with Gasteiger partial charge >= 0.3 is 0 Å². The van der Waals surface area contributed by atoms with Crippen LogP contribution in [0.2, 0.25) is 26.8 Å². The summed E-state index contributed by atoms with van der Waals surface area (Å²) in [5, 5.41) is 0. The molecule has 3 rings (SSSR count). The van der Waals surface area contributed by atoms with Crippen molar-refractivity contribution < 1.29 is 0 Å². The first-order valence-corrected chi connectivity index (χ1v) is 8.98. The molecule has 0 aliphatic rings. The molecule has 0 atom stereocenters. The van der Waals surface area contributed by atoms with E-state index in [2.05, 4.69) is 111 Å². The van der Waals surface area contributed by atoms with Crippen LogP contribution >= 0.6 is 0 Å². The van der Waals surface area contributed by atoms with E-state index in [9.17, 15) is 0 Å². The first kappa shape index (κ1) is 16.6. The van der Waals surface area contributed by atoms with E-state index in [1.807, 2.05) is 0 Å². The highest BCUT2D eigenvalue weighted by Crippen LogP contribution is 2.45. The van der Waals surface area contributed by atoms with Crippen LogP contribution < -0.4 is 0 Å². The summed E-state index contributed by atoms with van der Waals surface area (Å²) >= 11 is 0. The van der Waals surface area contributed by atoms with Crippen molar-refractivity contribution in [3.05, 3.63) is 108 Å². The fourth-order valence-electron chi connectivity index (χ4n) is 3.94. The Morgan fingerprint density at radius 1 is 0.542 bits per heavy atom. The summed E-state index contributed by atoms with van der Waals surface area (Å²) in [6.07, 6.45) is 0.620. The lowest BCUT2D eigenvalue weighted by Crippen LogP contribution is -2.38. The minimum Gasteiger partial charge on any atom is -0.190 e. The van der Waals surface area contributed by atoms with Crippen molar-refractivity contribution in [2.45, 2.75) is 32.2 Å². The molecule has 0 N–H and O–H groups in total. The molecular weight excluding hydrogens is 287 g/mol. The molecule has 122 valence electrons. The number of benzene rings is 3. The minimum absolute atomic E-state index is 0.109. The summed E-state index contributed by atoms with van der Waals surface area (Å²) in [6, 6.07) is 32.9.